The maximum atomic E-state index is 14.0. The first kappa shape index (κ1) is 110. The van der Waals surface area contributed by atoms with E-state index in [9.17, 15) is 87.5 Å². The van der Waals surface area contributed by atoms with Gasteiger partial charge < -0.3 is 78.9 Å². The molecule has 0 radical (unpaired) electrons. The van der Waals surface area contributed by atoms with Gasteiger partial charge in [0.25, 0.3) is 0 Å². The van der Waals surface area contributed by atoms with Crippen molar-refractivity contribution in [2.24, 2.45) is 58.3 Å². The number of halogens is 9. The van der Waals surface area contributed by atoms with Crippen LogP contribution in [0.25, 0.3) is 0 Å². The number of Topliss-reactive ketones (excluding diaryl/α,β-unsaturated/α-hetero) is 5. The maximum absolute atomic E-state index is 14.0. The average Bonchev–Trinajstić information content (AvgIpc) is 1.43. The molecule has 5 saturated carbocycles. The van der Waals surface area contributed by atoms with Gasteiger partial charge in [-0.1, -0.05) is 94.5 Å². The molecule has 15 N–H and O–H groups in total. The third kappa shape index (κ3) is 39.0. The molecule has 5 aromatic rings. The van der Waals surface area contributed by atoms with E-state index in [0.29, 0.717) is 90.5 Å². The van der Waals surface area contributed by atoms with E-state index >= 15 is 0 Å². The Morgan fingerprint density at radius 2 is 0.565 bits per heavy atom. The fraction of sp³-hybridized carbons (Fsp3) is 0.588. The second-order valence-corrected chi connectivity index (χ2v) is 34.0. The largest absolute Gasteiger partial charge is 0.483 e. The van der Waals surface area contributed by atoms with Crippen LogP contribution >= 0.6 is 0 Å². The Hall–Kier alpha value is -10.0. The van der Waals surface area contributed by atoms with Crippen LogP contribution in [0.15, 0.2) is 84.9 Å². The highest BCUT2D eigenvalue weighted by Crippen LogP contribution is 2.32. The lowest BCUT2D eigenvalue weighted by atomic mass is 10.0. The van der Waals surface area contributed by atoms with Crippen LogP contribution in [0.3, 0.4) is 0 Å². The molecule has 5 atom stereocenters. The number of ether oxygens (including phenoxy) is 5. The maximum Gasteiger partial charge on any atom is 0.223 e. The summed E-state index contributed by atoms with van der Waals surface area (Å²) in [7, 11) is 0. The van der Waals surface area contributed by atoms with Crippen LogP contribution in [0, 0.1) is 95.8 Å². The number of hydrogen-bond donors (Lipinski definition) is 10. The molecule has 726 valence electrons. The Morgan fingerprint density at radius 1 is 0.290 bits per heavy atom. The summed E-state index contributed by atoms with van der Waals surface area (Å²) in [5.74, 6) is -11.7. The van der Waals surface area contributed by atoms with Crippen LogP contribution in [0.1, 0.15) is 236 Å². The monoisotopic (exact) mass is 1850 g/mol. The molecule has 34 heteroatoms. The summed E-state index contributed by atoms with van der Waals surface area (Å²) < 4.78 is 149. The zero-order valence-electron chi connectivity index (χ0n) is 75.6. The van der Waals surface area contributed by atoms with Crippen molar-refractivity contribution >= 4 is 58.5 Å². The SMILES string of the molecule is Cc1cc(F)cc(OCC(=O)C(CCCCN)NC(=O)C2CCCC2)c1F.Cc1ccc(F)c(OCC(=O)C(CCCCN)NC(=O)C2CCCC2)c1F.NCCCCC(NC(=O)C1CCCC1)C(=O)COc1c(F)cccc1F.NCCCCC(NC(=O)C1CCCC1)C(=O)COc1cccc(F)c1F.NCCCCC(NC(=O)C1CCCC1)C(=O)COc1ccccc1F. The van der Waals surface area contributed by atoms with Crippen molar-refractivity contribution in [3.05, 3.63) is 148 Å². The third-order valence-electron chi connectivity index (χ3n) is 23.8. The summed E-state index contributed by atoms with van der Waals surface area (Å²) in [5.41, 5.74) is 27.8. The molecule has 5 fully saturated rings. The van der Waals surface area contributed by atoms with E-state index in [0.717, 1.165) is 203 Å². The summed E-state index contributed by atoms with van der Waals surface area (Å²) in [6.07, 6.45) is 28.1. The predicted molar refractivity (Wildman–Crippen MR) is 478 cm³/mol. The molecule has 5 unspecified atom stereocenters. The topological polar surface area (TPSA) is 407 Å². The van der Waals surface area contributed by atoms with Gasteiger partial charge in [-0.15, -0.1) is 0 Å². The van der Waals surface area contributed by atoms with Crippen molar-refractivity contribution < 1.29 is 111 Å². The molecule has 5 aliphatic carbocycles. The first-order valence-corrected chi connectivity index (χ1v) is 46.3. The quantitative estimate of drug-likeness (QED) is 0.0128. The second-order valence-electron chi connectivity index (χ2n) is 34.0. The molecule has 0 heterocycles. The number of hydrogen-bond acceptors (Lipinski definition) is 20. The summed E-state index contributed by atoms with van der Waals surface area (Å²) in [6.45, 7) is 3.31. The van der Waals surface area contributed by atoms with Crippen molar-refractivity contribution in [2.75, 3.05) is 65.8 Å². The number of amides is 5. The molecule has 0 aliphatic heterocycles. The van der Waals surface area contributed by atoms with Gasteiger partial charge in [0.1, 0.15) is 38.9 Å². The molecule has 10 rings (SSSR count). The lowest BCUT2D eigenvalue weighted by Crippen LogP contribution is -2.45. The Morgan fingerprint density at radius 3 is 0.901 bits per heavy atom. The Balaban J connectivity index is 0.000000252. The smallest absolute Gasteiger partial charge is 0.223 e. The summed E-state index contributed by atoms with van der Waals surface area (Å²) in [5, 5.41) is 14.1. The minimum atomic E-state index is -1.13. The number of benzene rings is 5. The number of unbranched alkanes of at least 4 members (excludes halogenated alkanes) is 5. The molecule has 5 aliphatic rings. The van der Waals surface area contributed by atoms with E-state index < -0.39 is 132 Å². The van der Waals surface area contributed by atoms with Gasteiger partial charge in [0.05, 0.1) is 30.2 Å². The number of nitrogens with one attached hydrogen (secondary N) is 5. The minimum Gasteiger partial charge on any atom is -0.483 e. The third-order valence-corrected chi connectivity index (χ3v) is 23.8. The molecule has 5 aromatic carbocycles. The zero-order chi connectivity index (χ0) is 95.6. The zero-order valence-corrected chi connectivity index (χ0v) is 75.6. The van der Waals surface area contributed by atoms with Crippen molar-refractivity contribution in [3.8, 4) is 28.7 Å². The first-order valence-electron chi connectivity index (χ1n) is 46.3. The van der Waals surface area contributed by atoms with Crippen LogP contribution < -0.4 is 78.9 Å². The van der Waals surface area contributed by atoms with E-state index in [1.165, 1.54) is 50.2 Å². The van der Waals surface area contributed by atoms with Crippen LogP contribution in [0.5, 0.6) is 28.7 Å². The average molecular weight is 1850 g/mol. The summed E-state index contributed by atoms with van der Waals surface area (Å²) in [6, 6.07) is 13.7. The Bertz CT molecular complexity index is 4370. The van der Waals surface area contributed by atoms with Crippen LogP contribution in [0.4, 0.5) is 39.5 Å². The lowest BCUT2D eigenvalue weighted by Gasteiger charge is -2.20. The molecule has 0 saturated heterocycles. The van der Waals surface area contributed by atoms with E-state index in [1.807, 2.05) is 0 Å². The fourth-order valence-corrected chi connectivity index (χ4v) is 16.0. The molecule has 0 aromatic heterocycles. The van der Waals surface area contributed by atoms with Gasteiger partial charge in [-0.2, -0.15) is 4.39 Å². The molecule has 25 nitrogen and oxygen atoms in total. The minimum absolute atomic E-state index is 0.00250. The standard InChI is InChI=1S/2C20H28F2N2O3.2C19H26F2N2O3.C19H27FN2O3/c1-13-9-10-15(21)19(18(13)22)27-12-17(25)16(8-4-5-11-23)24-20(26)14-6-2-3-7-14;1-13-10-15(21)11-18(19(13)22)27-12-17(25)16(8-4-5-9-23)24-20(26)14-6-2-3-7-14;20-14-8-5-9-15(21)18(14)26-12-17(24)16(10-3-4-11-22)23-19(25)13-6-1-2-7-13;20-14-8-5-10-17(18(14)21)26-12-16(24)15(9-3-4-11-22)23-19(25)13-6-1-2-7-13;20-15-9-3-4-11-18(15)25-13-17(23)16(10-5-6-12-21)22-19(24)14-7-1-2-8-14/h9-10,14,16H,2-8,11-12,23H2,1H3,(H,24,26);10-11,14,16H,2-9,12,23H2,1H3,(H,24,26);5,8-9,13,16H,1-4,6-7,10-12,22H2,(H,23,25);5,8,10,13,15H,1-4,6-7,9,11-12,22H2,(H,23,25);3-4,9,11,14,16H,1-2,5-8,10,12-13,21H2,(H,22,24). The molecular weight excluding hydrogens is 1720 g/mol. The number of rotatable bonds is 50. The molecule has 0 spiro atoms. The lowest BCUT2D eigenvalue weighted by molar-refractivity contribution is -0.131. The van der Waals surface area contributed by atoms with Crippen LogP contribution in [-0.2, 0) is 47.9 Å². The van der Waals surface area contributed by atoms with Crippen molar-refractivity contribution in [1.29, 1.82) is 0 Å². The number of ketones is 5. The summed E-state index contributed by atoms with van der Waals surface area (Å²) in [4.78, 5) is 124. The highest BCUT2D eigenvalue weighted by Gasteiger charge is 2.35. The number of carbonyl (C=O) groups is 10. The fourth-order valence-electron chi connectivity index (χ4n) is 16.0. The number of para-hydroxylation sites is 2. The predicted octanol–water partition coefficient (Wildman–Crippen LogP) is 14.1. The molecular formula is C97H135F9N10O15. The van der Waals surface area contributed by atoms with E-state index in [2.05, 4.69) is 26.6 Å². The van der Waals surface area contributed by atoms with Crippen molar-refractivity contribution in [2.45, 2.75) is 269 Å². The van der Waals surface area contributed by atoms with E-state index in [1.54, 1.807) is 12.1 Å². The number of aryl methyl sites for hydroxylation is 2. The van der Waals surface area contributed by atoms with E-state index in [-0.39, 0.29) is 111 Å². The Kier molecular flexibility index (Phi) is 51.0. The normalized spacial score (nSPS) is 15.6. The first-order chi connectivity index (χ1) is 63.0. The van der Waals surface area contributed by atoms with Gasteiger partial charge >= 0.3 is 0 Å². The number of nitrogens with two attached hydrogens (primary N) is 5. The van der Waals surface area contributed by atoms with Crippen molar-refractivity contribution in [1.82, 2.24) is 26.6 Å². The Labute approximate surface area is 762 Å². The van der Waals surface area contributed by atoms with Gasteiger partial charge in [-0.05, 0) is 267 Å². The van der Waals surface area contributed by atoms with Gasteiger partial charge in [0.15, 0.2) is 98.4 Å². The molecule has 0 bridgehead atoms. The van der Waals surface area contributed by atoms with Crippen molar-refractivity contribution in [3.63, 3.8) is 0 Å². The highest BCUT2D eigenvalue weighted by atomic mass is 19.2. The second kappa shape index (κ2) is 60.9. The van der Waals surface area contributed by atoms with Gasteiger partial charge in [0, 0.05) is 35.7 Å². The summed E-state index contributed by atoms with van der Waals surface area (Å²) >= 11 is 0. The number of carbonyl (C=O) groups excluding carboxylic acids is 10. The van der Waals surface area contributed by atoms with Gasteiger partial charge in [-0.3, -0.25) is 47.9 Å². The molecule has 5 amide bonds. The van der Waals surface area contributed by atoms with Gasteiger partial charge in [0.2, 0.25) is 35.4 Å². The van der Waals surface area contributed by atoms with Crippen LogP contribution in [0.2, 0.25) is 0 Å². The molecule has 131 heavy (non-hydrogen) atoms. The highest BCUT2D eigenvalue weighted by molar-refractivity contribution is 5.94. The van der Waals surface area contributed by atoms with E-state index in [4.69, 9.17) is 52.4 Å². The van der Waals surface area contributed by atoms with Crippen LogP contribution in [-0.4, -0.2) is 154 Å². The van der Waals surface area contributed by atoms with Gasteiger partial charge in [-0.25, -0.2) is 35.1 Å².